The highest BCUT2D eigenvalue weighted by atomic mass is 14.9. The van der Waals surface area contributed by atoms with Crippen molar-refractivity contribution >= 4 is 0 Å². The summed E-state index contributed by atoms with van der Waals surface area (Å²) in [5.74, 6) is 0. The smallest absolute Gasteiger partial charge is 0.173 e. The average molecular weight is 471 g/mol. The number of benzene rings is 3. The Morgan fingerprint density at radius 3 is 1.56 bits per heavy atom. The van der Waals surface area contributed by atoms with Crippen LogP contribution in [0.3, 0.4) is 0 Å². The lowest BCUT2D eigenvalue weighted by molar-refractivity contribution is -0.688. The van der Waals surface area contributed by atoms with Gasteiger partial charge in [-0.05, 0) is 54.2 Å². The largest absolute Gasteiger partial charge is 0.200 e. The number of pyridine rings is 2. The van der Waals surface area contributed by atoms with Crippen LogP contribution in [0.2, 0.25) is 0 Å². The number of nitrogens with zero attached hydrogens (tertiary/aromatic N) is 2. The summed E-state index contributed by atoms with van der Waals surface area (Å²) in [6, 6.07) is 32.9. The third kappa shape index (κ3) is 5.44. The van der Waals surface area contributed by atoms with E-state index in [2.05, 4.69) is 146 Å². The van der Waals surface area contributed by atoms with Crippen molar-refractivity contribution < 1.29 is 9.13 Å². The van der Waals surface area contributed by atoms with Crippen LogP contribution in [0.1, 0.15) is 34.7 Å². The second-order valence-corrected chi connectivity index (χ2v) is 9.66. The minimum atomic E-state index is 0.887. The van der Waals surface area contributed by atoms with Crippen LogP contribution in [-0.2, 0) is 19.5 Å². The zero-order valence-corrected chi connectivity index (χ0v) is 21.5. The SMILES string of the molecule is CCc1cccc(C[n+]2ccc(-c3ccc(-c4cc[n+](Cc5ccccc5)cc4C)cc3)c(C)c2)c1. The summed E-state index contributed by atoms with van der Waals surface area (Å²) < 4.78 is 4.53. The van der Waals surface area contributed by atoms with Gasteiger partial charge in [0.05, 0.1) is 0 Å². The molecule has 5 rings (SSSR count). The highest BCUT2D eigenvalue weighted by Crippen LogP contribution is 2.27. The lowest BCUT2D eigenvalue weighted by Crippen LogP contribution is -2.33. The molecule has 0 unspecified atom stereocenters. The first-order chi connectivity index (χ1) is 17.6. The Morgan fingerprint density at radius 2 is 1.03 bits per heavy atom. The zero-order chi connectivity index (χ0) is 24.9. The van der Waals surface area contributed by atoms with Gasteiger partial charge in [0, 0.05) is 34.4 Å². The van der Waals surface area contributed by atoms with E-state index >= 15 is 0 Å². The van der Waals surface area contributed by atoms with E-state index < -0.39 is 0 Å². The van der Waals surface area contributed by atoms with Crippen molar-refractivity contribution in [3.05, 3.63) is 144 Å². The lowest BCUT2D eigenvalue weighted by atomic mass is 9.97. The fourth-order valence-corrected chi connectivity index (χ4v) is 4.95. The molecule has 0 N–H and O–H groups in total. The van der Waals surface area contributed by atoms with Crippen molar-refractivity contribution in [1.82, 2.24) is 0 Å². The summed E-state index contributed by atoms with van der Waals surface area (Å²) in [4.78, 5) is 0. The van der Waals surface area contributed by atoms with Crippen LogP contribution in [0.25, 0.3) is 22.3 Å². The zero-order valence-electron chi connectivity index (χ0n) is 21.5. The molecule has 0 spiro atoms. The highest BCUT2D eigenvalue weighted by molar-refractivity contribution is 5.72. The molecule has 0 amide bonds. The van der Waals surface area contributed by atoms with E-state index in [-0.39, 0.29) is 0 Å². The summed E-state index contributed by atoms with van der Waals surface area (Å²) in [5, 5.41) is 0. The molecule has 0 saturated carbocycles. The molecule has 2 aromatic heterocycles. The Labute approximate surface area is 215 Å². The van der Waals surface area contributed by atoms with Crippen LogP contribution < -0.4 is 9.13 Å². The molecule has 0 aliphatic carbocycles. The Morgan fingerprint density at radius 1 is 0.528 bits per heavy atom. The fraction of sp³-hybridized carbons (Fsp3) is 0.176. The molecule has 0 atom stereocenters. The molecule has 36 heavy (non-hydrogen) atoms. The topological polar surface area (TPSA) is 7.76 Å². The van der Waals surface area contributed by atoms with E-state index in [4.69, 9.17) is 0 Å². The molecule has 2 heteroatoms. The molecule has 0 fully saturated rings. The van der Waals surface area contributed by atoms with Gasteiger partial charge in [0.1, 0.15) is 0 Å². The lowest BCUT2D eigenvalue weighted by Gasteiger charge is -2.09. The number of rotatable bonds is 7. The summed E-state index contributed by atoms with van der Waals surface area (Å²) in [7, 11) is 0. The van der Waals surface area contributed by atoms with Crippen LogP contribution in [0.4, 0.5) is 0 Å². The van der Waals surface area contributed by atoms with Crippen molar-refractivity contribution in [3.63, 3.8) is 0 Å². The third-order valence-corrected chi connectivity index (χ3v) is 6.91. The molecule has 5 aromatic rings. The standard InChI is InChI=1S/C34H34N2/c1-4-28-11-8-12-30(21-28)25-36-20-18-34(27(3)23-36)32-15-13-31(14-16-32)33-17-19-35(22-26(33)2)24-29-9-6-5-7-10-29/h5-23H,4,24-25H2,1-3H3/q+2. The second-order valence-electron chi connectivity index (χ2n) is 9.66. The Bertz CT molecular complexity index is 1470. The molecular formula is C34H34N2+2. The molecule has 3 aromatic carbocycles. The first kappa shape index (κ1) is 23.7. The highest BCUT2D eigenvalue weighted by Gasteiger charge is 2.12. The maximum Gasteiger partial charge on any atom is 0.173 e. The van der Waals surface area contributed by atoms with Crippen LogP contribution in [0.5, 0.6) is 0 Å². The van der Waals surface area contributed by atoms with Crippen molar-refractivity contribution in [1.29, 1.82) is 0 Å². The number of hydrogen-bond acceptors (Lipinski definition) is 0. The third-order valence-electron chi connectivity index (χ3n) is 6.91. The maximum absolute atomic E-state index is 2.31. The van der Waals surface area contributed by atoms with E-state index in [0.717, 1.165) is 19.5 Å². The first-order valence-corrected chi connectivity index (χ1v) is 12.8. The van der Waals surface area contributed by atoms with Gasteiger partial charge in [0.15, 0.2) is 37.9 Å². The Balaban J connectivity index is 1.32. The van der Waals surface area contributed by atoms with Crippen LogP contribution in [0, 0.1) is 13.8 Å². The predicted molar refractivity (Wildman–Crippen MR) is 148 cm³/mol. The van der Waals surface area contributed by atoms with Crippen molar-refractivity contribution in [2.24, 2.45) is 0 Å². The van der Waals surface area contributed by atoms with Crippen molar-refractivity contribution in [2.75, 3.05) is 0 Å². The van der Waals surface area contributed by atoms with E-state index in [1.807, 2.05) is 0 Å². The number of hydrogen-bond donors (Lipinski definition) is 0. The number of aryl methyl sites for hydroxylation is 3. The molecule has 0 saturated heterocycles. The van der Waals surface area contributed by atoms with E-state index in [1.54, 1.807) is 0 Å². The monoisotopic (exact) mass is 470 g/mol. The summed E-state index contributed by atoms with van der Waals surface area (Å²) in [6.45, 7) is 8.39. The molecular weight excluding hydrogens is 436 g/mol. The molecule has 0 aliphatic rings. The maximum atomic E-state index is 2.31. The van der Waals surface area contributed by atoms with Gasteiger partial charge in [-0.2, -0.15) is 0 Å². The van der Waals surface area contributed by atoms with Crippen LogP contribution in [0.15, 0.2) is 116 Å². The summed E-state index contributed by atoms with van der Waals surface area (Å²) in [6.07, 6.45) is 9.95. The average Bonchev–Trinajstić information content (AvgIpc) is 2.90. The molecule has 0 radical (unpaired) electrons. The number of aromatic nitrogens is 2. The molecule has 2 heterocycles. The fourth-order valence-electron chi connectivity index (χ4n) is 4.95. The predicted octanol–water partition coefficient (Wildman–Crippen LogP) is 6.87. The normalized spacial score (nSPS) is 11.0. The summed E-state index contributed by atoms with van der Waals surface area (Å²) >= 11 is 0. The Kier molecular flexibility index (Phi) is 7.04. The second kappa shape index (κ2) is 10.7. The van der Waals surface area contributed by atoms with Crippen LogP contribution in [-0.4, -0.2) is 0 Å². The van der Waals surface area contributed by atoms with Gasteiger partial charge in [0.25, 0.3) is 0 Å². The van der Waals surface area contributed by atoms with Gasteiger partial charge in [-0.1, -0.05) is 79.7 Å². The molecule has 178 valence electrons. The van der Waals surface area contributed by atoms with Gasteiger partial charge in [-0.15, -0.1) is 0 Å². The van der Waals surface area contributed by atoms with E-state index in [9.17, 15) is 0 Å². The van der Waals surface area contributed by atoms with Gasteiger partial charge in [-0.3, -0.25) is 0 Å². The molecule has 2 nitrogen and oxygen atoms in total. The van der Waals surface area contributed by atoms with Gasteiger partial charge < -0.3 is 0 Å². The molecule has 0 aliphatic heterocycles. The van der Waals surface area contributed by atoms with Gasteiger partial charge in [0.2, 0.25) is 0 Å². The summed E-state index contributed by atoms with van der Waals surface area (Å²) in [5.41, 5.74) is 11.7. The first-order valence-electron chi connectivity index (χ1n) is 12.8. The minimum Gasteiger partial charge on any atom is -0.200 e. The Hall–Kier alpha value is -4.04. The van der Waals surface area contributed by atoms with Gasteiger partial charge in [-0.25, -0.2) is 9.13 Å². The van der Waals surface area contributed by atoms with E-state index in [0.29, 0.717) is 0 Å². The molecule has 0 bridgehead atoms. The van der Waals surface area contributed by atoms with Gasteiger partial charge >= 0.3 is 0 Å². The van der Waals surface area contributed by atoms with Crippen molar-refractivity contribution in [2.45, 2.75) is 40.3 Å². The minimum absolute atomic E-state index is 0.887. The quantitative estimate of drug-likeness (QED) is 0.229. The van der Waals surface area contributed by atoms with E-state index in [1.165, 1.54) is 50.1 Å². The van der Waals surface area contributed by atoms with Crippen molar-refractivity contribution in [3.8, 4) is 22.3 Å². The van der Waals surface area contributed by atoms with Crippen LogP contribution >= 0.6 is 0 Å².